The van der Waals surface area contributed by atoms with Gasteiger partial charge in [-0.1, -0.05) is 32.9 Å². The van der Waals surface area contributed by atoms with Crippen LogP contribution in [0.2, 0.25) is 0 Å². The number of hydrogen-bond donors (Lipinski definition) is 2. The van der Waals surface area contributed by atoms with Crippen molar-refractivity contribution in [2.24, 2.45) is 0 Å². The predicted octanol–water partition coefficient (Wildman–Crippen LogP) is 2.63. The summed E-state index contributed by atoms with van der Waals surface area (Å²) >= 11 is 0. The molecule has 1 aliphatic heterocycles. The molecule has 1 unspecified atom stereocenters. The monoisotopic (exact) mass is 388 g/mol. The fourth-order valence-corrected chi connectivity index (χ4v) is 4.57. The van der Waals surface area contributed by atoms with E-state index in [1.54, 1.807) is 0 Å². The molecule has 1 atom stereocenters. The molecule has 0 radical (unpaired) electrons. The van der Waals surface area contributed by atoms with E-state index in [-0.39, 0.29) is 40.5 Å². The van der Waals surface area contributed by atoms with Crippen molar-refractivity contribution in [3.05, 3.63) is 47.8 Å². The van der Waals surface area contributed by atoms with Crippen LogP contribution in [0, 0.1) is 0 Å². The van der Waals surface area contributed by atoms with Gasteiger partial charge in [0.2, 0.25) is 5.95 Å². The molecular formula is C19H24N4O3S. The summed E-state index contributed by atoms with van der Waals surface area (Å²) in [6, 6.07) is 9.00. The molecule has 2 aromatic rings. The Morgan fingerprint density at radius 3 is 2.44 bits per heavy atom. The molecule has 144 valence electrons. The number of nitrogens with one attached hydrogen (secondary N) is 2. The van der Waals surface area contributed by atoms with Crippen LogP contribution in [-0.4, -0.2) is 41.8 Å². The Balaban J connectivity index is 1.67. The summed E-state index contributed by atoms with van der Waals surface area (Å²) < 4.78 is 23.1. The molecule has 0 aliphatic carbocycles. The summed E-state index contributed by atoms with van der Waals surface area (Å²) in [5.41, 5.74) is 2.13. The van der Waals surface area contributed by atoms with Crippen LogP contribution in [0.5, 0.6) is 0 Å². The van der Waals surface area contributed by atoms with Gasteiger partial charge >= 0.3 is 0 Å². The van der Waals surface area contributed by atoms with Crippen molar-refractivity contribution in [2.45, 2.75) is 38.6 Å². The van der Waals surface area contributed by atoms with Crippen molar-refractivity contribution in [3.8, 4) is 0 Å². The number of sulfone groups is 1. The van der Waals surface area contributed by atoms with Gasteiger partial charge in [0.05, 0.1) is 11.5 Å². The van der Waals surface area contributed by atoms with E-state index in [2.05, 4.69) is 41.4 Å². The highest BCUT2D eigenvalue weighted by molar-refractivity contribution is 7.91. The molecule has 1 aromatic carbocycles. The van der Waals surface area contributed by atoms with E-state index in [4.69, 9.17) is 0 Å². The third kappa shape index (κ3) is 5.03. The first-order valence-corrected chi connectivity index (χ1v) is 10.7. The largest absolute Gasteiger partial charge is 0.350 e. The van der Waals surface area contributed by atoms with Crippen molar-refractivity contribution >= 4 is 27.4 Å². The van der Waals surface area contributed by atoms with Gasteiger partial charge in [0.15, 0.2) is 9.84 Å². The molecule has 1 fully saturated rings. The third-order valence-electron chi connectivity index (χ3n) is 4.46. The second-order valence-corrected chi connectivity index (χ2v) is 10.0. The van der Waals surface area contributed by atoms with Crippen LogP contribution in [0.15, 0.2) is 36.5 Å². The molecule has 1 amide bonds. The number of carbonyl (C=O) groups is 1. The Bertz CT molecular complexity index is 934. The van der Waals surface area contributed by atoms with Gasteiger partial charge in [-0.3, -0.25) is 4.79 Å². The highest BCUT2D eigenvalue weighted by Crippen LogP contribution is 2.23. The number of carbonyl (C=O) groups excluding carboxylic acids is 1. The van der Waals surface area contributed by atoms with Crippen LogP contribution in [-0.2, 0) is 15.3 Å². The van der Waals surface area contributed by atoms with Gasteiger partial charge in [0.1, 0.15) is 5.69 Å². The van der Waals surface area contributed by atoms with E-state index in [0.29, 0.717) is 12.1 Å². The summed E-state index contributed by atoms with van der Waals surface area (Å²) in [6.45, 7) is 6.39. The Morgan fingerprint density at radius 1 is 1.15 bits per heavy atom. The highest BCUT2D eigenvalue weighted by atomic mass is 32.2. The summed E-state index contributed by atoms with van der Waals surface area (Å²) in [5.74, 6) is 0.137. The number of nitrogens with zero attached hydrogens (tertiary/aromatic N) is 2. The standard InChI is InChI=1S/C19H24N4O3S/c1-19(2,3)13-4-6-14(7-5-13)21-17(24)16-8-10-20-18(23-16)22-15-9-11-27(25,26)12-15/h4-8,10,15H,9,11-12H2,1-3H3,(H,21,24)(H,20,22,23). The molecule has 2 heterocycles. The Morgan fingerprint density at radius 2 is 1.85 bits per heavy atom. The number of rotatable bonds is 4. The summed E-state index contributed by atoms with van der Waals surface area (Å²) in [7, 11) is -2.99. The van der Waals surface area contributed by atoms with Crippen LogP contribution in [0.1, 0.15) is 43.2 Å². The molecule has 7 nitrogen and oxygen atoms in total. The van der Waals surface area contributed by atoms with E-state index >= 15 is 0 Å². The van der Waals surface area contributed by atoms with Gasteiger partial charge in [-0.25, -0.2) is 18.4 Å². The van der Waals surface area contributed by atoms with Gasteiger partial charge in [-0.15, -0.1) is 0 Å². The van der Waals surface area contributed by atoms with Crippen molar-refractivity contribution in [2.75, 3.05) is 22.1 Å². The molecular weight excluding hydrogens is 364 g/mol. The van der Waals surface area contributed by atoms with Crippen LogP contribution in [0.3, 0.4) is 0 Å². The molecule has 1 aliphatic rings. The summed E-state index contributed by atoms with van der Waals surface area (Å²) in [4.78, 5) is 20.8. The second kappa shape index (κ2) is 7.26. The number of hydrogen-bond acceptors (Lipinski definition) is 6. The topological polar surface area (TPSA) is 101 Å². The first-order valence-electron chi connectivity index (χ1n) is 8.84. The molecule has 2 N–H and O–H groups in total. The van der Waals surface area contributed by atoms with Crippen LogP contribution in [0.4, 0.5) is 11.6 Å². The second-order valence-electron chi connectivity index (χ2n) is 7.79. The molecule has 0 bridgehead atoms. The fourth-order valence-electron chi connectivity index (χ4n) is 2.89. The van der Waals surface area contributed by atoms with E-state index in [0.717, 1.165) is 0 Å². The molecule has 0 saturated carbocycles. The average molecular weight is 388 g/mol. The van der Waals surface area contributed by atoms with Crippen molar-refractivity contribution < 1.29 is 13.2 Å². The first-order chi connectivity index (χ1) is 12.6. The Hall–Kier alpha value is -2.48. The number of anilines is 2. The highest BCUT2D eigenvalue weighted by Gasteiger charge is 2.28. The number of amides is 1. The zero-order valence-electron chi connectivity index (χ0n) is 15.7. The lowest BCUT2D eigenvalue weighted by Crippen LogP contribution is -2.23. The lowest BCUT2D eigenvalue weighted by Gasteiger charge is -2.19. The van der Waals surface area contributed by atoms with Crippen LogP contribution >= 0.6 is 0 Å². The molecule has 1 saturated heterocycles. The predicted molar refractivity (Wildman–Crippen MR) is 106 cm³/mol. The minimum absolute atomic E-state index is 0.0451. The molecule has 8 heteroatoms. The maximum absolute atomic E-state index is 12.5. The van der Waals surface area contributed by atoms with Crippen molar-refractivity contribution in [1.29, 1.82) is 0 Å². The lowest BCUT2D eigenvalue weighted by atomic mass is 9.87. The first kappa shape index (κ1) is 19.3. The molecule has 3 rings (SSSR count). The minimum Gasteiger partial charge on any atom is -0.350 e. The zero-order valence-corrected chi connectivity index (χ0v) is 16.5. The van der Waals surface area contributed by atoms with Gasteiger partial charge in [-0.05, 0) is 35.6 Å². The quantitative estimate of drug-likeness (QED) is 0.835. The number of aromatic nitrogens is 2. The zero-order chi connectivity index (χ0) is 19.7. The smallest absolute Gasteiger partial charge is 0.274 e. The SMILES string of the molecule is CC(C)(C)c1ccc(NC(=O)c2ccnc(NC3CCS(=O)(=O)C3)n2)cc1. The third-order valence-corrected chi connectivity index (χ3v) is 6.23. The van der Waals surface area contributed by atoms with E-state index in [9.17, 15) is 13.2 Å². The van der Waals surface area contributed by atoms with Crippen LogP contribution < -0.4 is 10.6 Å². The summed E-state index contributed by atoms with van der Waals surface area (Å²) in [6.07, 6.45) is 2.00. The van der Waals surface area contributed by atoms with Gasteiger partial charge < -0.3 is 10.6 Å². The molecule has 0 spiro atoms. The van der Waals surface area contributed by atoms with E-state index < -0.39 is 9.84 Å². The number of benzene rings is 1. The molecule has 27 heavy (non-hydrogen) atoms. The maximum Gasteiger partial charge on any atom is 0.274 e. The van der Waals surface area contributed by atoms with Gasteiger partial charge in [-0.2, -0.15) is 0 Å². The fraction of sp³-hybridized carbons (Fsp3) is 0.421. The molecule has 1 aromatic heterocycles. The van der Waals surface area contributed by atoms with Crippen molar-refractivity contribution in [3.63, 3.8) is 0 Å². The van der Waals surface area contributed by atoms with Crippen molar-refractivity contribution in [1.82, 2.24) is 9.97 Å². The van der Waals surface area contributed by atoms with E-state index in [1.807, 2.05) is 24.3 Å². The van der Waals surface area contributed by atoms with Gasteiger partial charge in [0.25, 0.3) is 5.91 Å². The van der Waals surface area contributed by atoms with E-state index in [1.165, 1.54) is 17.8 Å². The Kier molecular flexibility index (Phi) is 5.19. The summed E-state index contributed by atoms with van der Waals surface area (Å²) in [5, 5.41) is 5.82. The van der Waals surface area contributed by atoms with Crippen LogP contribution in [0.25, 0.3) is 0 Å². The van der Waals surface area contributed by atoms with Gasteiger partial charge in [0, 0.05) is 17.9 Å². The Labute approximate surface area is 159 Å². The maximum atomic E-state index is 12.5. The normalized spacial score (nSPS) is 18.9. The average Bonchev–Trinajstić information content (AvgIpc) is 2.93. The minimum atomic E-state index is -2.99. The lowest BCUT2D eigenvalue weighted by molar-refractivity contribution is 0.102.